The molecule has 0 atom stereocenters. The molecule has 2 aromatic carbocycles. The van der Waals surface area contributed by atoms with E-state index in [0.717, 1.165) is 22.4 Å². The lowest BCUT2D eigenvalue weighted by Gasteiger charge is -2.20. The van der Waals surface area contributed by atoms with Gasteiger partial charge in [-0.3, -0.25) is 0 Å². The van der Waals surface area contributed by atoms with Crippen LogP contribution in [-0.4, -0.2) is 11.8 Å². The highest BCUT2D eigenvalue weighted by Crippen LogP contribution is 2.36. The van der Waals surface area contributed by atoms with Gasteiger partial charge < -0.3 is 13.9 Å². The lowest BCUT2D eigenvalue weighted by molar-refractivity contribution is -0.0168. The first-order chi connectivity index (χ1) is 11.2. The molecule has 2 heterocycles. The van der Waals surface area contributed by atoms with Crippen LogP contribution in [0.25, 0.3) is 11.1 Å². The van der Waals surface area contributed by atoms with Crippen LogP contribution in [0, 0.1) is 0 Å². The third kappa shape index (κ3) is 3.15. The number of benzene rings is 2. The Labute approximate surface area is 146 Å². The molecule has 0 radical (unpaired) electrons. The number of hydrogen-bond acceptors (Lipinski definition) is 5. The molecule has 0 saturated carbocycles. The second-order valence-corrected chi connectivity index (χ2v) is 6.84. The van der Waals surface area contributed by atoms with E-state index in [9.17, 15) is 0 Å². The van der Waals surface area contributed by atoms with Gasteiger partial charge in [0.05, 0.1) is 6.61 Å². The van der Waals surface area contributed by atoms with E-state index < -0.39 is 0 Å². The minimum absolute atomic E-state index is 0.258. The summed E-state index contributed by atoms with van der Waals surface area (Å²) in [6, 6.07) is 9.16. The van der Waals surface area contributed by atoms with Gasteiger partial charge in [0.1, 0.15) is 11.3 Å². The SMILES string of the molecule is Clc1cc2c(c(CSc3nc4ccc(Cl)cc4o3)c1)OCOC2. The number of rotatable bonds is 3. The predicted octanol–water partition coefficient (Wildman–Crippen LogP) is 5.29. The topological polar surface area (TPSA) is 44.5 Å². The molecular formula is C16H11Cl2NO3S. The zero-order chi connectivity index (χ0) is 15.8. The molecule has 0 N–H and O–H groups in total. The highest BCUT2D eigenvalue weighted by Gasteiger charge is 2.17. The average molecular weight is 368 g/mol. The van der Waals surface area contributed by atoms with E-state index in [1.54, 1.807) is 12.1 Å². The van der Waals surface area contributed by atoms with Gasteiger partial charge in [0.2, 0.25) is 0 Å². The molecule has 0 spiro atoms. The fourth-order valence-corrected chi connectivity index (χ4v) is 3.67. The Bertz CT molecular complexity index is 881. The molecule has 0 fully saturated rings. The molecule has 1 aliphatic heterocycles. The lowest BCUT2D eigenvalue weighted by atomic mass is 10.1. The third-order valence-electron chi connectivity index (χ3n) is 3.43. The summed E-state index contributed by atoms with van der Waals surface area (Å²) in [7, 11) is 0. The first-order valence-corrected chi connectivity index (χ1v) is 8.64. The van der Waals surface area contributed by atoms with Crippen LogP contribution in [0.15, 0.2) is 40.0 Å². The fourth-order valence-electron chi connectivity index (χ4n) is 2.44. The van der Waals surface area contributed by atoms with Crippen molar-refractivity contribution in [3.63, 3.8) is 0 Å². The van der Waals surface area contributed by atoms with Crippen LogP contribution >= 0.6 is 35.0 Å². The number of thioether (sulfide) groups is 1. The van der Waals surface area contributed by atoms with Crippen LogP contribution in [-0.2, 0) is 17.1 Å². The second-order valence-electron chi connectivity index (χ2n) is 5.04. The quantitative estimate of drug-likeness (QED) is 0.588. The summed E-state index contributed by atoms with van der Waals surface area (Å²) in [5, 5.41) is 1.88. The molecule has 0 unspecified atom stereocenters. The number of fused-ring (bicyclic) bond motifs is 2. The smallest absolute Gasteiger partial charge is 0.257 e. The molecule has 0 saturated heterocycles. The van der Waals surface area contributed by atoms with Crippen molar-refractivity contribution < 1.29 is 13.9 Å². The van der Waals surface area contributed by atoms with Crippen molar-refractivity contribution in [1.82, 2.24) is 4.98 Å². The predicted molar refractivity (Wildman–Crippen MR) is 90.3 cm³/mol. The van der Waals surface area contributed by atoms with Gasteiger partial charge in [0, 0.05) is 33.0 Å². The molecule has 118 valence electrons. The lowest BCUT2D eigenvalue weighted by Crippen LogP contribution is -2.12. The maximum absolute atomic E-state index is 6.17. The molecule has 0 bridgehead atoms. The largest absolute Gasteiger partial charge is 0.467 e. The molecule has 7 heteroatoms. The highest BCUT2D eigenvalue weighted by molar-refractivity contribution is 7.98. The van der Waals surface area contributed by atoms with Crippen molar-refractivity contribution >= 4 is 46.1 Å². The molecular weight excluding hydrogens is 357 g/mol. The van der Waals surface area contributed by atoms with E-state index in [1.165, 1.54) is 11.8 Å². The summed E-state index contributed by atoms with van der Waals surface area (Å²) in [5.74, 6) is 1.48. The van der Waals surface area contributed by atoms with Crippen molar-refractivity contribution in [2.75, 3.05) is 6.79 Å². The third-order valence-corrected chi connectivity index (χ3v) is 4.76. The Hall–Kier alpha value is -1.40. The summed E-state index contributed by atoms with van der Waals surface area (Å²) in [6.45, 7) is 0.767. The number of ether oxygens (including phenoxy) is 2. The van der Waals surface area contributed by atoms with Crippen LogP contribution in [0.3, 0.4) is 0 Å². The Morgan fingerprint density at radius 2 is 2.04 bits per heavy atom. The van der Waals surface area contributed by atoms with Crippen molar-refractivity contribution in [2.45, 2.75) is 17.6 Å². The molecule has 1 aliphatic rings. The van der Waals surface area contributed by atoms with Crippen molar-refractivity contribution in [1.29, 1.82) is 0 Å². The molecule has 0 amide bonds. The van der Waals surface area contributed by atoms with E-state index in [-0.39, 0.29) is 6.79 Å². The molecule has 0 aliphatic carbocycles. The van der Waals surface area contributed by atoms with Gasteiger partial charge in [-0.15, -0.1) is 0 Å². The Morgan fingerprint density at radius 3 is 2.96 bits per heavy atom. The van der Waals surface area contributed by atoms with Crippen molar-refractivity contribution in [3.05, 3.63) is 51.5 Å². The molecule has 3 aromatic rings. The summed E-state index contributed by atoms with van der Waals surface area (Å²) in [6.07, 6.45) is 0. The van der Waals surface area contributed by atoms with Gasteiger partial charge in [-0.25, -0.2) is 4.98 Å². The number of aromatic nitrogens is 1. The highest BCUT2D eigenvalue weighted by atomic mass is 35.5. The number of nitrogens with zero attached hydrogens (tertiary/aromatic N) is 1. The van der Waals surface area contributed by atoms with Crippen LogP contribution in [0.2, 0.25) is 10.0 Å². The maximum atomic E-state index is 6.17. The van der Waals surface area contributed by atoms with Crippen LogP contribution in [0.1, 0.15) is 11.1 Å². The van der Waals surface area contributed by atoms with E-state index in [2.05, 4.69) is 4.98 Å². The first kappa shape index (κ1) is 15.1. The Kier molecular flexibility index (Phi) is 4.11. The van der Waals surface area contributed by atoms with Gasteiger partial charge in [0.25, 0.3) is 5.22 Å². The number of hydrogen-bond donors (Lipinski definition) is 0. The molecule has 4 rings (SSSR count). The van der Waals surface area contributed by atoms with Gasteiger partial charge in [0.15, 0.2) is 12.4 Å². The van der Waals surface area contributed by atoms with Gasteiger partial charge in [-0.1, -0.05) is 35.0 Å². The van der Waals surface area contributed by atoms with Gasteiger partial charge in [-0.05, 0) is 24.3 Å². The standard InChI is InChI=1S/C16H11Cl2NO3S/c17-11-1-2-13-14(5-11)22-16(19-13)23-7-10-4-12(18)3-9-6-20-8-21-15(9)10/h1-5H,6-8H2. The Morgan fingerprint density at radius 1 is 1.13 bits per heavy atom. The van der Waals surface area contributed by atoms with E-state index in [0.29, 0.717) is 33.2 Å². The minimum atomic E-state index is 0.258. The summed E-state index contributed by atoms with van der Waals surface area (Å²) < 4.78 is 16.6. The van der Waals surface area contributed by atoms with Crippen LogP contribution in [0.4, 0.5) is 0 Å². The van der Waals surface area contributed by atoms with E-state index >= 15 is 0 Å². The number of halogens is 2. The summed E-state index contributed by atoms with van der Waals surface area (Å²) in [4.78, 5) is 4.44. The van der Waals surface area contributed by atoms with Crippen LogP contribution in [0.5, 0.6) is 5.75 Å². The summed E-state index contributed by atoms with van der Waals surface area (Å²) >= 11 is 13.6. The molecule has 23 heavy (non-hydrogen) atoms. The normalized spacial score (nSPS) is 13.8. The second kappa shape index (κ2) is 6.24. The van der Waals surface area contributed by atoms with Gasteiger partial charge >= 0.3 is 0 Å². The monoisotopic (exact) mass is 367 g/mol. The van der Waals surface area contributed by atoms with E-state index in [1.807, 2.05) is 18.2 Å². The van der Waals surface area contributed by atoms with Crippen molar-refractivity contribution in [2.24, 2.45) is 0 Å². The number of oxazole rings is 1. The summed E-state index contributed by atoms with van der Waals surface area (Å²) in [5.41, 5.74) is 3.43. The average Bonchev–Trinajstić information content (AvgIpc) is 2.94. The van der Waals surface area contributed by atoms with Crippen molar-refractivity contribution in [3.8, 4) is 5.75 Å². The molecule has 1 aromatic heterocycles. The maximum Gasteiger partial charge on any atom is 0.257 e. The Balaban J connectivity index is 1.59. The van der Waals surface area contributed by atoms with Gasteiger partial charge in [-0.2, -0.15) is 0 Å². The fraction of sp³-hybridized carbons (Fsp3) is 0.188. The zero-order valence-electron chi connectivity index (χ0n) is 11.8. The van der Waals surface area contributed by atoms with E-state index in [4.69, 9.17) is 37.1 Å². The van der Waals surface area contributed by atoms with Crippen LogP contribution < -0.4 is 4.74 Å². The molecule has 4 nitrogen and oxygen atoms in total. The zero-order valence-corrected chi connectivity index (χ0v) is 14.2. The minimum Gasteiger partial charge on any atom is -0.467 e. The first-order valence-electron chi connectivity index (χ1n) is 6.90.